The van der Waals surface area contributed by atoms with Crippen LogP contribution in [0.3, 0.4) is 0 Å². The lowest BCUT2D eigenvalue weighted by molar-refractivity contribution is 0.0600. The highest BCUT2D eigenvalue weighted by molar-refractivity contribution is 5.89. The molecule has 0 fully saturated rings. The second kappa shape index (κ2) is 4.00. The minimum absolute atomic E-state index is 0.376. The summed E-state index contributed by atoms with van der Waals surface area (Å²) in [5.41, 5.74) is 7.59. The van der Waals surface area contributed by atoms with Gasteiger partial charge in [-0.25, -0.2) is 4.79 Å². The van der Waals surface area contributed by atoms with Gasteiger partial charge in [0.15, 0.2) is 0 Å². The summed E-state index contributed by atoms with van der Waals surface area (Å²) in [5.74, 6) is -0.376. The monoisotopic (exact) mass is 180 g/mol. The third kappa shape index (κ3) is 2.03. The van der Waals surface area contributed by atoms with Crippen molar-refractivity contribution in [1.82, 2.24) is 4.98 Å². The summed E-state index contributed by atoms with van der Waals surface area (Å²) < 4.78 is 4.55. The van der Waals surface area contributed by atoms with Crippen molar-refractivity contribution < 1.29 is 9.53 Å². The summed E-state index contributed by atoms with van der Waals surface area (Å²) in [4.78, 5) is 15.1. The second-order valence-electron chi connectivity index (χ2n) is 2.68. The molecule has 0 atom stereocenters. The van der Waals surface area contributed by atoms with E-state index >= 15 is 0 Å². The summed E-state index contributed by atoms with van der Waals surface area (Å²) in [7, 11) is 1.34. The van der Waals surface area contributed by atoms with Crippen molar-refractivity contribution in [2.45, 2.75) is 13.5 Å². The fourth-order valence-electron chi connectivity index (χ4n) is 1.05. The highest BCUT2D eigenvalue weighted by Crippen LogP contribution is 2.07. The first-order valence-electron chi connectivity index (χ1n) is 3.93. The van der Waals surface area contributed by atoms with E-state index in [0.29, 0.717) is 12.1 Å². The van der Waals surface area contributed by atoms with E-state index in [2.05, 4.69) is 9.72 Å². The van der Waals surface area contributed by atoms with Gasteiger partial charge < -0.3 is 10.5 Å². The molecule has 0 unspecified atom stereocenters. The molecule has 1 heterocycles. The largest absolute Gasteiger partial charge is 0.465 e. The van der Waals surface area contributed by atoms with Crippen molar-refractivity contribution in [2.24, 2.45) is 5.73 Å². The Labute approximate surface area is 76.7 Å². The first kappa shape index (κ1) is 9.67. The van der Waals surface area contributed by atoms with Gasteiger partial charge in [-0.2, -0.15) is 0 Å². The Morgan fingerprint density at radius 2 is 2.38 bits per heavy atom. The third-order valence-corrected chi connectivity index (χ3v) is 1.80. The number of aromatic nitrogens is 1. The molecule has 13 heavy (non-hydrogen) atoms. The molecule has 0 saturated carbocycles. The molecule has 0 amide bonds. The average molecular weight is 180 g/mol. The van der Waals surface area contributed by atoms with Crippen LogP contribution in [0.25, 0.3) is 0 Å². The van der Waals surface area contributed by atoms with E-state index in [4.69, 9.17) is 5.73 Å². The van der Waals surface area contributed by atoms with E-state index in [1.54, 1.807) is 6.07 Å². The molecule has 0 saturated heterocycles. The van der Waals surface area contributed by atoms with Gasteiger partial charge in [-0.1, -0.05) is 0 Å². The molecule has 1 aromatic heterocycles. The Morgan fingerprint density at radius 1 is 1.69 bits per heavy atom. The zero-order chi connectivity index (χ0) is 9.84. The van der Waals surface area contributed by atoms with Crippen LogP contribution in [0.4, 0.5) is 0 Å². The number of carbonyl (C=O) groups excluding carboxylic acids is 1. The summed E-state index contributed by atoms with van der Waals surface area (Å²) in [6.45, 7) is 2.24. The van der Waals surface area contributed by atoms with Crippen LogP contribution in [-0.2, 0) is 11.3 Å². The maximum Gasteiger partial charge on any atom is 0.339 e. The highest BCUT2D eigenvalue weighted by Gasteiger charge is 2.07. The van der Waals surface area contributed by atoms with Gasteiger partial charge in [0.05, 0.1) is 18.4 Å². The van der Waals surface area contributed by atoms with Crippen LogP contribution in [0.2, 0.25) is 0 Å². The molecule has 0 spiro atoms. The quantitative estimate of drug-likeness (QED) is 0.678. The first-order chi connectivity index (χ1) is 6.19. The number of nitrogens with zero attached hydrogens (tertiary/aromatic N) is 1. The minimum Gasteiger partial charge on any atom is -0.465 e. The lowest BCUT2D eigenvalue weighted by Crippen LogP contribution is -2.07. The van der Waals surface area contributed by atoms with E-state index < -0.39 is 0 Å². The molecule has 1 aromatic rings. The zero-order valence-electron chi connectivity index (χ0n) is 7.70. The third-order valence-electron chi connectivity index (χ3n) is 1.80. The second-order valence-corrected chi connectivity index (χ2v) is 2.68. The zero-order valence-corrected chi connectivity index (χ0v) is 7.70. The smallest absolute Gasteiger partial charge is 0.339 e. The predicted octanol–water partition coefficient (Wildman–Crippen LogP) is 0.635. The SMILES string of the molecule is COC(=O)c1cnc(CN)c(C)c1. The normalized spacial score (nSPS) is 9.77. The lowest BCUT2D eigenvalue weighted by atomic mass is 10.1. The Hall–Kier alpha value is -1.42. The summed E-state index contributed by atoms with van der Waals surface area (Å²) in [6, 6.07) is 1.72. The molecule has 4 nitrogen and oxygen atoms in total. The van der Waals surface area contributed by atoms with Crippen LogP contribution in [0.15, 0.2) is 12.3 Å². The molecule has 0 bridgehead atoms. The first-order valence-corrected chi connectivity index (χ1v) is 3.93. The number of aryl methyl sites for hydroxylation is 1. The lowest BCUT2D eigenvalue weighted by Gasteiger charge is -2.03. The fourth-order valence-corrected chi connectivity index (χ4v) is 1.05. The van der Waals surface area contributed by atoms with E-state index in [1.165, 1.54) is 13.3 Å². The van der Waals surface area contributed by atoms with Crippen molar-refractivity contribution in [3.63, 3.8) is 0 Å². The molecule has 0 aliphatic carbocycles. The van der Waals surface area contributed by atoms with Crippen LogP contribution < -0.4 is 5.73 Å². The van der Waals surface area contributed by atoms with E-state index in [9.17, 15) is 4.79 Å². The van der Waals surface area contributed by atoms with Crippen molar-refractivity contribution in [1.29, 1.82) is 0 Å². The molecule has 0 aliphatic rings. The van der Waals surface area contributed by atoms with Crippen LogP contribution >= 0.6 is 0 Å². The Kier molecular flexibility index (Phi) is 2.97. The van der Waals surface area contributed by atoms with Gasteiger partial charge in [0.2, 0.25) is 0 Å². The molecular formula is C9H12N2O2. The number of ether oxygens (including phenoxy) is 1. The Bertz CT molecular complexity index is 323. The number of carbonyl (C=O) groups is 1. The van der Waals surface area contributed by atoms with Gasteiger partial charge in [0.25, 0.3) is 0 Å². The van der Waals surface area contributed by atoms with Crippen molar-refractivity contribution in [2.75, 3.05) is 7.11 Å². The topological polar surface area (TPSA) is 65.2 Å². The highest BCUT2D eigenvalue weighted by atomic mass is 16.5. The van der Waals surface area contributed by atoms with E-state index in [1.807, 2.05) is 6.92 Å². The summed E-state index contributed by atoms with van der Waals surface area (Å²) in [5, 5.41) is 0. The van der Waals surface area contributed by atoms with Gasteiger partial charge in [0.1, 0.15) is 0 Å². The number of esters is 1. The summed E-state index contributed by atoms with van der Waals surface area (Å²) >= 11 is 0. The predicted molar refractivity (Wildman–Crippen MR) is 48.2 cm³/mol. The number of pyridine rings is 1. The van der Waals surface area contributed by atoms with Gasteiger partial charge in [-0.3, -0.25) is 4.98 Å². The molecule has 1 rings (SSSR count). The molecular weight excluding hydrogens is 168 g/mol. The van der Waals surface area contributed by atoms with Gasteiger partial charge in [-0.05, 0) is 18.6 Å². The van der Waals surface area contributed by atoms with Crippen molar-refractivity contribution >= 4 is 5.97 Å². The molecule has 0 aliphatic heterocycles. The Balaban J connectivity index is 3.02. The standard InChI is InChI=1S/C9H12N2O2/c1-6-3-7(9(12)13-2)5-11-8(6)4-10/h3,5H,4,10H2,1-2H3. The maximum atomic E-state index is 11.1. The minimum atomic E-state index is -0.376. The van der Waals surface area contributed by atoms with Crippen molar-refractivity contribution in [3.8, 4) is 0 Å². The summed E-state index contributed by atoms with van der Waals surface area (Å²) in [6.07, 6.45) is 1.47. The Morgan fingerprint density at radius 3 is 2.85 bits per heavy atom. The fraction of sp³-hybridized carbons (Fsp3) is 0.333. The maximum absolute atomic E-state index is 11.1. The van der Waals surface area contributed by atoms with Crippen molar-refractivity contribution in [3.05, 3.63) is 29.1 Å². The van der Waals surface area contributed by atoms with E-state index in [0.717, 1.165) is 11.3 Å². The van der Waals surface area contributed by atoms with Crippen LogP contribution in [-0.4, -0.2) is 18.1 Å². The molecule has 70 valence electrons. The number of methoxy groups -OCH3 is 1. The molecule has 0 aromatic carbocycles. The van der Waals surface area contributed by atoms with Crippen LogP contribution in [0, 0.1) is 6.92 Å². The van der Waals surface area contributed by atoms with Crippen LogP contribution in [0.5, 0.6) is 0 Å². The molecule has 2 N–H and O–H groups in total. The van der Waals surface area contributed by atoms with Crippen LogP contribution in [0.1, 0.15) is 21.6 Å². The molecule has 4 heteroatoms. The molecule has 0 radical (unpaired) electrons. The van der Waals surface area contributed by atoms with E-state index in [-0.39, 0.29) is 5.97 Å². The van der Waals surface area contributed by atoms with Gasteiger partial charge in [0, 0.05) is 12.7 Å². The number of hydrogen-bond donors (Lipinski definition) is 1. The number of rotatable bonds is 2. The number of hydrogen-bond acceptors (Lipinski definition) is 4. The number of nitrogens with two attached hydrogens (primary N) is 1. The van der Waals surface area contributed by atoms with Gasteiger partial charge in [-0.15, -0.1) is 0 Å². The van der Waals surface area contributed by atoms with Gasteiger partial charge >= 0.3 is 5.97 Å². The average Bonchev–Trinajstić information content (AvgIpc) is 2.16.